The second-order valence-corrected chi connectivity index (χ2v) is 5.09. The number of amides is 1. The molecule has 0 saturated heterocycles. The third-order valence-electron chi connectivity index (χ3n) is 3.05. The normalized spacial score (nSPS) is 11.8. The molecule has 0 aliphatic heterocycles. The number of anilines is 1. The molecule has 0 aliphatic carbocycles. The summed E-state index contributed by atoms with van der Waals surface area (Å²) in [4.78, 5) is 11.9. The van der Waals surface area contributed by atoms with Gasteiger partial charge in [-0.25, -0.2) is 4.39 Å². The molecule has 0 unspecified atom stereocenters. The topological polar surface area (TPSA) is 41.1 Å². The van der Waals surface area contributed by atoms with E-state index in [0.717, 1.165) is 5.56 Å². The summed E-state index contributed by atoms with van der Waals surface area (Å²) >= 11 is 5.68. The van der Waals surface area contributed by atoms with E-state index in [1.54, 1.807) is 0 Å². The first-order valence-electron chi connectivity index (χ1n) is 6.59. The van der Waals surface area contributed by atoms with Gasteiger partial charge in [0.05, 0.1) is 17.6 Å². The van der Waals surface area contributed by atoms with Crippen molar-refractivity contribution in [2.24, 2.45) is 0 Å². The van der Waals surface area contributed by atoms with Crippen LogP contribution in [0.25, 0.3) is 0 Å². The van der Waals surface area contributed by atoms with Crippen LogP contribution >= 0.6 is 11.6 Å². The first-order valence-corrected chi connectivity index (χ1v) is 6.97. The Morgan fingerprint density at radius 1 is 1.24 bits per heavy atom. The Hall–Kier alpha value is -2.07. The number of hydrogen-bond donors (Lipinski definition) is 2. The highest BCUT2D eigenvalue weighted by atomic mass is 35.5. The van der Waals surface area contributed by atoms with Gasteiger partial charge >= 0.3 is 0 Å². The Bertz CT molecular complexity index is 619. The van der Waals surface area contributed by atoms with Crippen LogP contribution < -0.4 is 10.6 Å². The predicted molar refractivity (Wildman–Crippen MR) is 82.9 cm³/mol. The summed E-state index contributed by atoms with van der Waals surface area (Å²) in [5, 5.41) is 5.82. The number of rotatable bonds is 5. The van der Waals surface area contributed by atoms with E-state index >= 15 is 0 Å². The molecule has 0 bridgehead atoms. The van der Waals surface area contributed by atoms with Crippen molar-refractivity contribution < 1.29 is 9.18 Å². The van der Waals surface area contributed by atoms with E-state index in [1.165, 1.54) is 18.2 Å². The fourth-order valence-electron chi connectivity index (χ4n) is 1.91. The SMILES string of the molecule is C[C@@H](NC(=O)CNc1ccc(F)c(Cl)c1)c1ccccc1. The zero-order chi connectivity index (χ0) is 15.2. The van der Waals surface area contributed by atoms with Crippen molar-refractivity contribution in [2.75, 3.05) is 11.9 Å². The molecule has 2 rings (SSSR count). The lowest BCUT2D eigenvalue weighted by Crippen LogP contribution is -2.32. The molecular formula is C16H16ClFN2O. The van der Waals surface area contributed by atoms with Gasteiger partial charge in [-0.05, 0) is 30.7 Å². The summed E-state index contributed by atoms with van der Waals surface area (Å²) in [5.74, 6) is -0.629. The number of nitrogens with one attached hydrogen (secondary N) is 2. The smallest absolute Gasteiger partial charge is 0.239 e. The van der Waals surface area contributed by atoms with Crippen LogP contribution in [-0.4, -0.2) is 12.5 Å². The van der Waals surface area contributed by atoms with E-state index in [-0.39, 0.29) is 23.5 Å². The van der Waals surface area contributed by atoms with E-state index in [9.17, 15) is 9.18 Å². The molecule has 0 aromatic heterocycles. The number of hydrogen-bond acceptors (Lipinski definition) is 2. The molecule has 0 heterocycles. The zero-order valence-electron chi connectivity index (χ0n) is 11.6. The second-order valence-electron chi connectivity index (χ2n) is 4.68. The molecule has 2 aromatic carbocycles. The van der Waals surface area contributed by atoms with Gasteiger partial charge in [0.15, 0.2) is 0 Å². The van der Waals surface area contributed by atoms with Crippen molar-refractivity contribution in [3.8, 4) is 0 Å². The fraction of sp³-hybridized carbons (Fsp3) is 0.188. The maximum atomic E-state index is 13.0. The molecule has 2 N–H and O–H groups in total. The molecule has 1 atom stereocenters. The summed E-state index contributed by atoms with van der Waals surface area (Å²) in [6.07, 6.45) is 0. The molecule has 3 nitrogen and oxygen atoms in total. The fourth-order valence-corrected chi connectivity index (χ4v) is 2.09. The minimum atomic E-state index is -0.482. The van der Waals surface area contributed by atoms with Crippen LogP contribution in [0.3, 0.4) is 0 Å². The molecular weight excluding hydrogens is 291 g/mol. The number of carbonyl (C=O) groups excluding carboxylic acids is 1. The molecule has 2 aromatic rings. The maximum Gasteiger partial charge on any atom is 0.239 e. The van der Waals surface area contributed by atoms with Crippen LogP contribution in [0.4, 0.5) is 10.1 Å². The van der Waals surface area contributed by atoms with Crippen LogP contribution in [0, 0.1) is 5.82 Å². The van der Waals surface area contributed by atoms with E-state index < -0.39 is 5.82 Å². The van der Waals surface area contributed by atoms with Crippen LogP contribution in [0.15, 0.2) is 48.5 Å². The molecule has 110 valence electrons. The highest BCUT2D eigenvalue weighted by molar-refractivity contribution is 6.31. The summed E-state index contributed by atoms with van der Waals surface area (Å²) in [7, 11) is 0. The van der Waals surface area contributed by atoms with Crippen LogP contribution in [-0.2, 0) is 4.79 Å². The summed E-state index contributed by atoms with van der Waals surface area (Å²) < 4.78 is 13.0. The molecule has 21 heavy (non-hydrogen) atoms. The molecule has 0 aliphatic rings. The quantitative estimate of drug-likeness (QED) is 0.883. The lowest BCUT2D eigenvalue weighted by molar-refractivity contribution is -0.120. The maximum absolute atomic E-state index is 13.0. The molecule has 0 radical (unpaired) electrons. The van der Waals surface area contributed by atoms with E-state index in [2.05, 4.69) is 10.6 Å². The van der Waals surface area contributed by atoms with E-state index in [0.29, 0.717) is 5.69 Å². The van der Waals surface area contributed by atoms with Crippen LogP contribution in [0.5, 0.6) is 0 Å². The highest BCUT2D eigenvalue weighted by Gasteiger charge is 2.09. The van der Waals surface area contributed by atoms with Gasteiger partial charge in [-0.3, -0.25) is 4.79 Å². The third kappa shape index (κ3) is 4.46. The Labute approximate surface area is 128 Å². The molecule has 1 amide bonds. The van der Waals surface area contributed by atoms with Gasteiger partial charge in [0.2, 0.25) is 5.91 Å². The standard InChI is InChI=1S/C16H16ClFN2O/c1-11(12-5-3-2-4-6-12)20-16(21)10-19-13-7-8-15(18)14(17)9-13/h2-9,11,19H,10H2,1H3,(H,20,21)/t11-/m1/s1. The molecule has 5 heteroatoms. The molecule has 0 spiro atoms. The van der Waals surface area contributed by atoms with Crippen LogP contribution in [0.1, 0.15) is 18.5 Å². The van der Waals surface area contributed by atoms with Gasteiger partial charge in [-0.1, -0.05) is 41.9 Å². The lowest BCUT2D eigenvalue weighted by Gasteiger charge is -2.15. The average molecular weight is 307 g/mol. The van der Waals surface area contributed by atoms with Gasteiger partial charge in [0, 0.05) is 5.69 Å². The van der Waals surface area contributed by atoms with Gasteiger partial charge in [0.1, 0.15) is 5.82 Å². The van der Waals surface area contributed by atoms with Crippen molar-refractivity contribution >= 4 is 23.2 Å². The van der Waals surface area contributed by atoms with Gasteiger partial charge in [-0.15, -0.1) is 0 Å². The van der Waals surface area contributed by atoms with Gasteiger partial charge in [0.25, 0.3) is 0 Å². The van der Waals surface area contributed by atoms with Gasteiger partial charge in [-0.2, -0.15) is 0 Å². The Balaban J connectivity index is 1.86. The number of carbonyl (C=O) groups is 1. The second kappa shape index (κ2) is 7.09. The minimum absolute atomic E-state index is 0.0260. The summed E-state index contributed by atoms with van der Waals surface area (Å²) in [6, 6.07) is 13.9. The van der Waals surface area contributed by atoms with Gasteiger partial charge < -0.3 is 10.6 Å². The molecule has 0 fully saturated rings. The van der Waals surface area contributed by atoms with Crippen molar-refractivity contribution in [1.82, 2.24) is 5.32 Å². The van der Waals surface area contributed by atoms with Crippen LogP contribution in [0.2, 0.25) is 5.02 Å². The Morgan fingerprint density at radius 3 is 2.62 bits per heavy atom. The first-order chi connectivity index (χ1) is 10.1. The van der Waals surface area contributed by atoms with E-state index in [1.807, 2.05) is 37.3 Å². The first kappa shape index (κ1) is 15.3. The van der Waals surface area contributed by atoms with E-state index in [4.69, 9.17) is 11.6 Å². The third-order valence-corrected chi connectivity index (χ3v) is 3.34. The average Bonchev–Trinajstić information content (AvgIpc) is 2.49. The minimum Gasteiger partial charge on any atom is -0.376 e. The largest absolute Gasteiger partial charge is 0.376 e. The Morgan fingerprint density at radius 2 is 1.95 bits per heavy atom. The predicted octanol–water partition coefficient (Wildman–Crippen LogP) is 3.77. The zero-order valence-corrected chi connectivity index (χ0v) is 12.3. The number of benzene rings is 2. The lowest BCUT2D eigenvalue weighted by atomic mass is 10.1. The molecule has 0 saturated carbocycles. The number of halogens is 2. The van der Waals surface area contributed by atoms with Crippen molar-refractivity contribution in [2.45, 2.75) is 13.0 Å². The highest BCUT2D eigenvalue weighted by Crippen LogP contribution is 2.19. The van der Waals surface area contributed by atoms with Crippen molar-refractivity contribution in [1.29, 1.82) is 0 Å². The van der Waals surface area contributed by atoms with Crippen molar-refractivity contribution in [3.05, 3.63) is 64.9 Å². The monoisotopic (exact) mass is 306 g/mol. The Kier molecular flexibility index (Phi) is 5.17. The summed E-state index contributed by atoms with van der Waals surface area (Å²) in [6.45, 7) is 2.02. The summed E-state index contributed by atoms with van der Waals surface area (Å²) in [5.41, 5.74) is 1.64. The van der Waals surface area contributed by atoms with Crippen molar-refractivity contribution in [3.63, 3.8) is 0 Å².